The van der Waals surface area contributed by atoms with Crippen LogP contribution in [0.4, 0.5) is 4.39 Å². The van der Waals surface area contributed by atoms with Crippen LogP contribution in [-0.4, -0.2) is 27.9 Å². The molecule has 1 amide bonds. The summed E-state index contributed by atoms with van der Waals surface area (Å²) in [6, 6.07) is 6.70. The van der Waals surface area contributed by atoms with E-state index in [0.29, 0.717) is 36.6 Å². The van der Waals surface area contributed by atoms with Crippen LogP contribution in [0, 0.1) is 5.82 Å². The zero-order chi connectivity index (χ0) is 14.7. The Hall–Kier alpha value is -2.24. The Morgan fingerprint density at radius 1 is 1.33 bits per heavy atom. The second-order valence-corrected chi connectivity index (χ2v) is 5.28. The Balaban J connectivity index is 1.48. The van der Waals surface area contributed by atoms with E-state index in [4.69, 9.17) is 0 Å². The Bertz CT molecular complexity index is 636. The van der Waals surface area contributed by atoms with Crippen LogP contribution in [0.2, 0.25) is 0 Å². The topological polar surface area (TPSA) is 70.7 Å². The minimum absolute atomic E-state index is 0.198. The number of rotatable bonds is 6. The van der Waals surface area contributed by atoms with Crippen molar-refractivity contribution in [2.45, 2.75) is 31.6 Å². The van der Waals surface area contributed by atoms with Crippen molar-refractivity contribution in [1.29, 1.82) is 0 Å². The SMILES string of the molecule is O=C(NCCCc1ccccc1F)c1n[nH]nc1C1CC1. The number of nitrogens with zero attached hydrogens (tertiary/aromatic N) is 2. The van der Waals surface area contributed by atoms with Gasteiger partial charge in [0.2, 0.25) is 0 Å². The van der Waals surface area contributed by atoms with Gasteiger partial charge in [0.15, 0.2) is 5.69 Å². The van der Waals surface area contributed by atoms with E-state index in [0.717, 1.165) is 18.5 Å². The van der Waals surface area contributed by atoms with E-state index in [-0.39, 0.29) is 11.7 Å². The maximum atomic E-state index is 13.4. The number of H-pyrrole nitrogens is 1. The maximum Gasteiger partial charge on any atom is 0.273 e. The molecule has 1 aromatic heterocycles. The number of nitrogens with one attached hydrogen (secondary N) is 2. The summed E-state index contributed by atoms with van der Waals surface area (Å²) in [6.07, 6.45) is 3.42. The van der Waals surface area contributed by atoms with Crippen molar-refractivity contribution in [3.05, 3.63) is 47.0 Å². The Kier molecular flexibility index (Phi) is 3.94. The first-order valence-electron chi connectivity index (χ1n) is 7.18. The van der Waals surface area contributed by atoms with Crippen LogP contribution in [0.15, 0.2) is 24.3 Å². The second-order valence-electron chi connectivity index (χ2n) is 5.28. The molecule has 0 spiro atoms. The number of hydrogen-bond acceptors (Lipinski definition) is 3. The van der Waals surface area contributed by atoms with Gasteiger partial charge in [-0.05, 0) is 37.3 Å². The Morgan fingerprint density at radius 3 is 2.90 bits per heavy atom. The summed E-state index contributed by atoms with van der Waals surface area (Å²) in [7, 11) is 0. The molecule has 2 N–H and O–H groups in total. The van der Waals surface area contributed by atoms with Crippen LogP contribution < -0.4 is 5.32 Å². The van der Waals surface area contributed by atoms with Crippen molar-refractivity contribution in [3.8, 4) is 0 Å². The standard InChI is InChI=1S/C15H17FN4O/c16-12-6-2-1-4-10(12)5-3-9-17-15(21)14-13(11-7-8-11)18-20-19-14/h1-2,4,6,11H,3,5,7-9H2,(H,17,21)(H,18,19,20). The van der Waals surface area contributed by atoms with Gasteiger partial charge in [-0.2, -0.15) is 15.4 Å². The zero-order valence-corrected chi connectivity index (χ0v) is 11.6. The first kappa shape index (κ1) is 13.7. The highest BCUT2D eigenvalue weighted by molar-refractivity contribution is 5.93. The molecule has 0 unspecified atom stereocenters. The summed E-state index contributed by atoms with van der Waals surface area (Å²) >= 11 is 0. The fourth-order valence-corrected chi connectivity index (χ4v) is 2.31. The minimum Gasteiger partial charge on any atom is -0.351 e. The molecule has 0 atom stereocenters. The van der Waals surface area contributed by atoms with Gasteiger partial charge in [-0.3, -0.25) is 4.79 Å². The molecule has 1 aromatic carbocycles. The molecule has 3 rings (SSSR count). The molecular weight excluding hydrogens is 271 g/mol. The molecule has 1 aliphatic carbocycles. The van der Waals surface area contributed by atoms with Gasteiger partial charge in [-0.25, -0.2) is 4.39 Å². The number of aromatic nitrogens is 3. The average Bonchev–Trinajstić information content (AvgIpc) is 3.22. The number of benzene rings is 1. The van der Waals surface area contributed by atoms with Crippen LogP contribution in [0.5, 0.6) is 0 Å². The molecule has 0 saturated heterocycles. The molecule has 5 nitrogen and oxygen atoms in total. The number of hydrogen-bond donors (Lipinski definition) is 2. The first-order chi connectivity index (χ1) is 10.3. The van der Waals surface area contributed by atoms with E-state index in [9.17, 15) is 9.18 Å². The van der Waals surface area contributed by atoms with E-state index in [2.05, 4.69) is 20.7 Å². The van der Waals surface area contributed by atoms with Crippen LogP contribution in [0.3, 0.4) is 0 Å². The summed E-state index contributed by atoms with van der Waals surface area (Å²) in [4.78, 5) is 12.0. The van der Waals surface area contributed by atoms with Crippen molar-refractivity contribution in [1.82, 2.24) is 20.7 Å². The van der Waals surface area contributed by atoms with Gasteiger partial charge < -0.3 is 5.32 Å². The lowest BCUT2D eigenvalue weighted by molar-refractivity contribution is 0.0947. The van der Waals surface area contributed by atoms with Crippen molar-refractivity contribution < 1.29 is 9.18 Å². The minimum atomic E-state index is -0.209. The number of amides is 1. The molecular formula is C15H17FN4O. The van der Waals surface area contributed by atoms with Crippen molar-refractivity contribution in [3.63, 3.8) is 0 Å². The molecule has 1 saturated carbocycles. The number of carbonyl (C=O) groups excluding carboxylic acids is 1. The predicted molar refractivity (Wildman–Crippen MR) is 75.4 cm³/mol. The Labute approximate surface area is 121 Å². The number of aryl methyl sites for hydroxylation is 1. The number of halogens is 1. The van der Waals surface area contributed by atoms with E-state index in [1.54, 1.807) is 12.1 Å². The Morgan fingerprint density at radius 2 is 2.14 bits per heavy atom. The van der Waals surface area contributed by atoms with Gasteiger partial charge in [0.25, 0.3) is 5.91 Å². The average molecular weight is 288 g/mol. The monoisotopic (exact) mass is 288 g/mol. The molecule has 0 aliphatic heterocycles. The van der Waals surface area contributed by atoms with E-state index in [1.165, 1.54) is 6.07 Å². The predicted octanol–water partition coefficient (Wildman–Crippen LogP) is 2.18. The molecule has 1 heterocycles. The van der Waals surface area contributed by atoms with Crippen molar-refractivity contribution >= 4 is 5.91 Å². The third kappa shape index (κ3) is 3.26. The zero-order valence-electron chi connectivity index (χ0n) is 11.6. The highest BCUT2D eigenvalue weighted by Crippen LogP contribution is 2.39. The van der Waals surface area contributed by atoms with E-state index >= 15 is 0 Å². The lowest BCUT2D eigenvalue weighted by Crippen LogP contribution is -2.26. The first-order valence-corrected chi connectivity index (χ1v) is 7.18. The lowest BCUT2D eigenvalue weighted by atomic mass is 10.1. The van der Waals surface area contributed by atoms with Gasteiger partial charge in [-0.15, -0.1) is 0 Å². The van der Waals surface area contributed by atoms with E-state index in [1.807, 2.05) is 6.07 Å². The maximum absolute atomic E-state index is 13.4. The molecule has 110 valence electrons. The fraction of sp³-hybridized carbons (Fsp3) is 0.400. The smallest absolute Gasteiger partial charge is 0.273 e. The summed E-state index contributed by atoms with van der Waals surface area (Å²) in [5, 5.41) is 13.3. The molecule has 21 heavy (non-hydrogen) atoms. The van der Waals surface area contributed by atoms with Crippen LogP contribution in [-0.2, 0) is 6.42 Å². The number of carbonyl (C=O) groups is 1. The lowest BCUT2D eigenvalue weighted by Gasteiger charge is -2.05. The summed E-state index contributed by atoms with van der Waals surface area (Å²) in [6.45, 7) is 0.490. The van der Waals surface area contributed by atoms with Gasteiger partial charge in [0.05, 0.1) is 5.69 Å². The molecule has 2 aromatic rings. The largest absolute Gasteiger partial charge is 0.351 e. The highest BCUT2D eigenvalue weighted by atomic mass is 19.1. The second kappa shape index (κ2) is 6.03. The molecule has 0 bridgehead atoms. The summed E-state index contributed by atoms with van der Waals surface area (Å²) in [5.41, 5.74) is 1.83. The van der Waals surface area contributed by atoms with Gasteiger partial charge in [-0.1, -0.05) is 18.2 Å². The van der Waals surface area contributed by atoms with Crippen molar-refractivity contribution in [2.75, 3.05) is 6.54 Å². The summed E-state index contributed by atoms with van der Waals surface area (Å²) in [5.74, 6) is -0.0292. The van der Waals surface area contributed by atoms with Crippen molar-refractivity contribution in [2.24, 2.45) is 0 Å². The molecule has 1 fully saturated rings. The molecule has 0 radical (unpaired) electrons. The van der Waals surface area contributed by atoms with Gasteiger partial charge >= 0.3 is 0 Å². The third-order valence-electron chi connectivity index (χ3n) is 3.62. The number of aromatic amines is 1. The quantitative estimate of drug-likeness (QED) is 0.800. The van der Waals surface area contributed by atoms with Gasteiger partial charge in [0.1, 0.15) is 5.82 Å². The van der Waals surface area contributed by atoms with Crippen LogP contribution in [0.25, 0.3) is 0 Å². The summed E-state index contributed by atoms with van der Waals surface area (Å²) < 4.78 is 13.4. The van der Waals surface area contributed by atoms with Crippen LogP contribution in [0.1, 0.15) is 46.9 Å². The third-order valence-corrected chi connectivity index (χ3v) is 3.62. The molecule has 6 heteroatoms. The van der Waals surface area contributed by atoms with Crippen LogP contribution >= 0.6 is 0 Å². The normalized spacial score (nSPS) is 14.1. The highest BCUT2D eigenvalue weighted by Gasteiger charge is 2.31. The fourth-order valence-electron chi connectivity index (χ4n) is 2.31. The van der Waals surface area contributed by atoms with E-state index < -0.39 is 0 Å². The van der Waals surface area contributed by atoms with Gasteiger partial charge in [0, 0.05) is 12.5 Å². The molecule has 1 aliphatic rings.